The maximum atomic E-state index is 13.3. The van der Waals surface area contributed by atoms with Crippen LogP contribution in [0.1, 0.15) is 29.8 Å². The lowest BCUT2D eigenvalue weighted by molar-refractivity contribution is -0.384. The number of halogens is 1. The van der Waals surface area contributed by atoms with Gasteiger partial charge < -0.3 is 13.9 Å². The molecule has 0 spiro atoms. The summed E-state index contributed by atoms with van der Waals surface area (Å²) in [5.41, 5.74) is -0.348. The molecule has 0 bridgehead atoms. The minimum absolute atomic E-state index is 0.0135. The first-order valence-electron chi connectivity index (χ1n) is 8.50. The van der Waals surface area contributed by atoms with Crippen molar-refractivity contribution in [2.45, 2.75) is 13.8 Å². The molecule has 11 heteroatoms. The van der Waals surface area contributed by atoms with Gasteiger partial charge in [-0.2, -0.15) is 0 Å². The first kappa shape index (κ1) is 22.4. The van der Waals surface area contributed by atoms with E-state index in [0.717, 1.165) is 24.3 Å². The Kier molecular flexibility index (Phi) is 7.72. The van der Waals surface area contributed by atoms with Gasteiger partial charge in [-0.3, -0.25) is 14.7 Å². The molecule has 0 aliphatic heterocycles. The molecule has 0 N–H and O–H groups in total. The van der Waals surface area contributed by atoms with Crippen LogP contribution in [0.2, 0.25) is 0 Å². The van der Waals surface area contributed by atoms with Gasteiger partial charge in [0.15, 0.2) is 5.45 Å². The number of nitro groups is 1. The molecule has 0 fully saturated rings. The summed E-state index contributed by atoms with van der Waals surface area (Å²) in [4.78, 5) is 27.2. The van der Waals surface area contributed by atoms with E-state index in [2.05, 4.69) is 5.16 Å². The van der Waals surface area contributed by atoms with Crippen molar-refractivity contribution in [3.05, 3.63) is 75.6 Å². The Morgan fingerprint density at radius 2 is 1.55 bits per heavy atom. The third kappa shape index (κ3) is 5.77. The van der Waals surface area contributed by atoms with E-state index in [4.69, 9.17) is 13.9 Å². The van der Waals surface area contributed by atoms with Crippen LogP contribution in [-0.2, 0) is 18.5 Å². The third-order valence-corrected chi connectivity index (χ3v) is 5.54. The Morgan fingerprint density at radius 1 is 1.03 bits per heavy atom. The van der Waals surface area contributed by atoms with Crippen LogP contribution in [0.4, 0.5) is 10.1 Å². The minimum Gasteiger partial charge on any atom is -0.312 e. The Morgan fingerprint density at radius 3 is 2.03 bits per heavy atom. The van der Waals surface area contributed by atoms with Crippen molar-refractivity contribution in [3.8, 4) is 0 Å². The molecule has 0 unspecified atom stereocenters. The number of nitro benzene ring substituents is 1. The highest BCUT2D eigenvalue weighted by atomic mass is 31.2. The summed E-state index contributed by atoms with van der Waals surface area (Å²) < 4.78 is 36.9. The average molecular weight is 424 g/mol. The predicted octanol–water partition coefficient (Wildman–Crippen LogP) is 4.52. The summed E-state index contributed by atoms with van der Waals surface area (Å²) in [7, 11) is -3.97. The summed E-state index contributed by atoms with van der Waals surface area (Å²) in [5.74, 6) is -1.47. The molecule has 0 amide bonds. The van der Waals surface area contributed by atoms with Crippen LogP contribution in [-0.4, -0.2) is 29.6 Å². The molecule has 2 rings (SSSR count). The van der Waals surface area contributed by atoms with E-state index >= 15 is 0 Å². The molecule has 0 aliphatic carbocycles. The van der Waals surface area contributed by atoms with Gasteiger partial charge >= 0.3 is 13.6 Å². The summed E-state index contributed by atoms with van der Waals surface area (Å²) in [6.45, 7) is 3.23. The molecule has 0 saturated carbocycles. The molecule has 9 nitrogen and oxygen atoms in total. The number of non-ortho nitro benzene ring substituents is 1. The fraction of sp³-hybridized carbons (Fsp3) is 0.222. The van der Waals surface area contributed by atoms with E-state index in [1.54, 1.807) is 13.8 Å². The van der Waals surface area contributed by atoms with Gasteiger partial charge in [0.1, 0.15) is 5.82 Å². The van der Waals surface area contributed by atoms with Crippen LogP contribution in [0.25, 0.3) is 0 Å². The molecule has 0 heterocycles. The van der Waals surface area contributed by atoms with Crippen molar-refractivity contribution in [3.63, 3.8) is 0 Å². The van der Waals surface area contributed by atoms with Gasteiger partial charge in [-0.05, 0) is 50.2 Å². The van der Waals surface area contributed by atoms with Crippen molar-refractivity contribution in [1.29, 1.82) is 0 Å². The highest BCUT2D eigenvalue weighted by molar-refractivity contribution is 7.73. The van der Waals surface area contributed by atoms with E-state index in [-0.39, 0.29) is 35.5 Å². The van der Waals surface area contributed by atoms with Gasteiger partial charge in [0.2, 0.25) is 0 Å². The lowest BCUT2D eigenvalue weighted by atomic mass is 10.2. The van der Waals surface area contributed by atoms with Crippen LogP contribution in [0.3, 0.4) is 0 Å². The van der Waals surface area contributed by atoms with E-state index in [1.165, 1.54) is 24.3 Å². The monoisotopic (exact) mass is 424 g/mol. The molecule has 0 saturated heterocycles. The number of rotatable bonds is 9. The first-order valence-corrected chi connectivity index (χ1v) is 10.0. The van der Waals surface area contributed by atoms with Crippen molar-refractivity contribution in [1.82, 2.24) is 0 Å². The summed E-state index contributed by atoms with van der Waals surface area (Å²) in [6.07, 6.45) is 0. The largest absolute Gasteiger partial charge is 0.383 e. The van der Waals surface area contributed by atoms with E-state index < -0.39 is 24.3 Å². The maximum Gasteiger partial charge on any atom is 0.383 e. The van der Waals surface area contributed by atoms with Crippen molar-refractivity contribution in [2.75, 3.05) is 13.2 Å². The zero-order valence-electron chi connectivity index (χ0n) is 15.6. The summed E-state index contributed by atoms with van der Waals surface area (Å²) in [6, 6.07) is 9.46. The van der Waals surface area contributed by atoms with Gasteiger partial charge in [-0.1, -0.05) is 5.16 Å². The number of carbonyl (C=O) groups excluding carboxylic acids is 1. The van der Waals surface area contributed by atoms with E-state index in [0.29, 0.717) is 0 Å². The standard InChI is InChI=1S/C18H18FN2O7P/c1-3-26-29(25,27-4-2)17(13-5-9-15(19)10-6-13)20-28-18(22)14-7-11-16(12-8-14)21(23)24/h5-12H,3-4H2,1-2H3. The van der Waals surface area contributed by atoms with Crippen molar-refractivity contribution >= 4 is 24.7 Å². The normalized spacial score (nSPS) is 11.9. The summed E-state index contributed by atoms with van der Waals surface area (Å²) >= 11 is 0. The molecule has 29 heavy (non-hydrogen) atoms. The molecular weight excluding hydrogens is 406 g/mol. The number of hydrogen-bond donors (Lipinski definition) is 0. The number of benzene rings is 2. The van der Waals surface area contributed by atoms with Gasteiger partial charge in [-0.25, -0.2) is 9.18 Å². The molecule has 0 radical (unpaired) electrons. The second kappa shape index (κ2) is 10.0. The molecule has 0 aromatic heterocycles. The number of oxime groups is 1. The number of nitrogens with zero attached hydrogens (tertiary/aromatic N) is 2. The fourth-order valence-corrected chi connectivity index (χ4v) is 3.82. The molecule has 0 aliphatic rings. The molecule has 0 atom stereocenters. The third-order valence-electron chi connectivity index (χ3n) is 3.49. The maximum absolute atomic E-state index is 13.3. The molecular formula is C18H18FN2O7P. The zero-order valence-corrected chi connectivity index (χ0v) is 16.5. The van der Waals surface area contributed by atoms with E-state index in [9.17, 15) is 23.9 Å². The Hall–Kier alpha value is -2.94. The second-order valence-electron chi connectivity index (χ2n) is 5.44. The smallest absolute Gasteiger partial charge is 0.312 e. The van der Waals surface area contributed by atoms with Crippen molar-refractivity contribution in [2.24, 2.45) is 5.16 Å². The van der Waals surface area contributed by atoms with Gasteiger partial charge in [0.05, 0.1) is 23.7 Å². The lowest BCUT2D eigenvalue weighted by Crippen LogP contribution is -2.11. The fourth-order valence-electron chi connectivity index (χ4n) is 2.22. The second-order valence-corrected chi connectivity index (χ2v) is 7.37. The topological polar surface area (TPSA) is 117 Å². The number of hydrogen-bond acceptors (Lipinski definition) is 8. The minimum atomic E-state index is -3.97. The highest BCUT2D eigenvalue weighted by Gasteiger charge is 2.34. The van der Waals surface area contributed by atoms with Crippen LogP contribution >= 0.6 is 7.60 Å². The SMILES string of the molecule is CCOP(=O)(OCC)C(=NOC(=O)c1ccc([N+](=O)[O-])cc1)c1ccc(F)cc1. The number of carbonyl (C=O) groups is 1. The molecule has 2 aromatic rings. The Bertz CT molecular complexity index is 936. The molecule has 154 valence electrons. The van der Waals surface area contributed by atoms with Crippen molar-refractivity contribution < 1.29 is 32.6 Å². The van der Waals surface area contributed by atoms with Crippen LogP contribution in [0.15, 0.2) is 53.7 Å². The van der Waals surface area contributed by atoms with E-state index in [1.807, 2.05) is 0 Å². The quantitative estimate of drug-likeness (QED) is 0.191. The van der Waals surface area contributed by atoms with Crippen LogP contribution in [0, 0.1) is 15.9 Å². The van der Waals surface area contributed by atoms with Crippen LogP contribution in [0.5, 0.6) is 0 Å². The van der Waals surface area contributed by atoms with Gasteiger partial charge in [-0.15, -0.1) is 0 Å². The Balaban J connectivity index is 2.38. The Labute approximate surface area is 165 Å². The highest BCUT2D eigenvalue weighted by Crippen LogP contribution is 2.51. The van der Waals surface area contributed by atoms with Gasteiger partial charge in [0, 0.05) is 17.7 Å². The first-order chi connectivity index (χ1) is 13.8. The summed E-state index contributed by atoms with van der Waals surface area (Å²) in [5, 5.41) is 14.4. The average Bonchev–Trinajstić information content (AvgIpc) is 2.69. The molecule has 2 aromatic carbocycles. The van der Waals surface area contributed by atoms with Crippen LogP contribution < -0.4 is 0 Å². The lowest BCUT2D eigenvalue weighted by Gasteiger charge is -2.18. The van der Waals surface area contributed by atoms with Gasteiger partial charge in [0.25, 0.3) is 5.69 Å². The zero-order chi connectivity index (χ0) is 21.4. The predicted molar refractivity (Wildman–Crippen MR) is 102 cm³/mol.